The van der Waals surface area contributed by atoms with Gasteiger partial charge in [-0.3, -0.25) is 4.90 Å². The van der Waals surface area contributed by atoms with Crippen molar-refractivity contribution in [1.82, 2.24) is 10.2 Å². The lowest BCUT2D eigenvalue weighted by Crippen LogP contribution is -2.46. The molecule has 0 bridgehead atoms. The molecule has 1 saturated heterocycles. The van der Waals surface area contributed by atoms with Crippen molar-refractivity contribution in [2.75, 3.05) is 26.2 Å². The maximum Gasteiger partial charge on any atom is 0.420 e. The van der Waals surface area contributed by atoms with Gasteiger partial charge < -0.3 is 10.4 Å². The first-order valence-electron chi connectivity index (χ1n) is 8.42. The average Bonchev–Trinajstić information content (AvgIpc) is 3.04. The molecule has 2 fully saturated rings. The minimum Gasteiger partial charge on any atom is -0.507 e. The Labute approximate surface area is 172 Å². The molecular formula is C17H24BrCl2F3N2O. The highest BCUT2D eigenvalue weighted by Crippen LogP contribution is 2.47. The fraction of sp³-hybridized carbons (Fsp3) is 0.647. The van der Waals surface area contributed by atoms with Gasteiger partial charge in [-0.15, -0.1) is 24.8 Å². The van der Waals surface area contributed by atoms with Crippen LogP contribution in [0.5, 0.6) is 5.75 Å². The van der Waals surface area contributed by atoms with E-state index in [2.05, 4.69) is 26.1 Å². The Hall–Kier alpha value is -0.210. The highest BCUT2D eigenvalue weighted by Gasteiger charge is 2.39. The van der Waals surface area contributed by atoms with Crippen LogP contribution in [-0.2, 0) is 6.18 Å². The lowest BCUT2D eigenvalue weighted by Gasteiger charge is -2.39. The number of piperazine rings is 1. The van der Waals surface area contributed by atoms with Crippen LogP contribution < -0.4 is 5.32 Å². The monoisotopic (exact) mass is 478 g/mol. The largest absolute Gasteiger partial charge is 0.507 e. The molecule has 2 N–H and O–H groups in total. The number of nitrogens with zero attached hydrogens (tertiary/aromatic N) is 1. The van der Waals surface area contributed by atoms with Gasteiger partial charge in [-0.2, -0.15) is 13.2 Å². The fourth-order valence-corrected chi connectivity index (χ4v) is 4.52. The number of rotatable bonds is 3. The fourth-order valence-electron chi connectivity index (χ4n) is 4.04. The molecule has 0 aromatic heterocycles. The molecule has 1 aromatic rings. The van der Waals surface area contributed by atoms with Crippen LogP contribution in [0.25, 0.3) is 0 Å². The van der Waals surface area contributed by atoms with Crippen LogP contribution >= 0.6 is 40.7 Å². The normalized spacial score (nSPS) is 20.3. The van der Waals surface area contributed by atoms with Crippen LogP contribution in [0.4, 0.5) is 13.2 Å². The van der Waals surface area contributed by atoms with Gasteiger partial charge in [-0.25, -0.2) is 0 Å². The van der Waals surface area contributed by atoms with Crippen LogP contribution in [0.3, 0.4) is 0 Å². The molecule has 1 aliphatic carbocycles. The van der Waals surface area contributed by atoms with Crippen molar-refractivity contribution in [2.45, 2.75) is 37.9 Å². The summed E-state index contributed by atoms with van der Waals surface area (Å²) >= 11 is 3.20. The predicted molar refractivity (Wildman–Crippen MR) is 104 cm³/mol. The van der Waals surface area contributed by atoms with E-state index < -0.39 is 17.5 Å². The summed E-state index contributed by atoms with van der Waals surface area (Å²) in [6.07, 6.45) is -0.349. The molecular weight excluding hydrogens is 456 g/mol. The van der Waals surface area contributed by atoms with Crippen molar-refractivity contribution < 1.29 is 18.3 Å². The summed E-state index contributed by atoms with van der Waals surface area (Å²) < 4.78 is 40.2. The number of aromatic hydroxyl groups is 1. The summed E-state index contributed by atoms with van der Waals surface area (Å²) in [5.74, 6) is -0.314. The van der Waals surface area contributed by atoms with E-state index in [1.54, 1.807) is 6.07 Å². The van der Waals surface area contributed by atoms with Crippen molar-refractivity contribution in [2.24, 2.45) is 5.92 Å². The zero-order valence-electron chi connectivity index (χ0n) is 14.2. The van der Waals surface area contributed by atoms with Crippen molar-refractivity contribution in [3.8, 4) is 5.75 Å². The van der Waals surface area contributed by atoms with Crippen LogP contribution in [0.15, 0.2) is 16.6 Å². The standard InChI is InChI=1S/C17H22BrF3N2O.2ClH/c18-12-9-13(16(24)14(10-12)17(19,20)21)15(11-3-1-2-4-11)23-7-5-22-6-8-23;;/h9-11,15,22,24H,1-8H2;2*1H/t15-;;/m0../s1. The van der Waals surface area contributed by atoms with Crippen LogP contribution in [0, 0.1) is 5.92 Å². The molecule has 1 saturated carbocycles. The SMILES string of the molecule is Cl.Cl.Oc1c([C@H](C2CCCC2)N2CCNCC2)cc(Br)cc1C(F)(F)F. The Morgan fingerprint density at radius 1 is 1.12 bits per heavy atom. The molecule has 0 spiro atoms. The molecule has 1 aliphatic heterocycles. The molecule has 150 valence electrons. The zero-order chi connectivity index (χ0) is 17.3. The van der Waals surface area contributed by atoms with Gasteiger partial charge in [0.25, 0.3) is 0 Å². The van der Waals surface area contributed by atoms with Crippen molar-refractivity contribution in [1.29, 1.82) is 0 Å². The summed E-state index contributed by atoms with van der Waals surface area (Å²) in [5, 5.41) is 13.7. The topological polar surface area (TPSA) is 35.5 Å². The molecule has 3 nitrogen and oxygen atoms in total. The molecule has 0 amide bonds. The molecule has 0 radical (unpaired) electrons. The van der Waals surface area contributed by atoms with E-state index in [0.717, 1.165) is 57.9 Å². The van der Waals surface area contributed by atoms with Crippen molar-refractivity contribution in [3.63, 3.8) is 0 Å². The summed E-state index contributed by atoms with van der Waals surface area (Å²) in [4.78, 5) is 2.23. The van der Waals surface area contributed by atoms with Gasteiger partial charge in [0.15, 0.2) is 0 Å². The maximum atomic E-state index is 13.3. The molecule has 26 heavy (non-hydrogen) atoms. The Morgan fingerprint density at radius 2 is 1.69 bits per heavy atom. The molecule has 1 atom stereocenters. The summed E-state index contributed by atoms with van der Waals surface area (Å²) in [5.41, 5.74) is -0.546. The first kappa shape index (κ1) is 23.8. The van der Waals surface area contributed by atoms with Gasteiger partial charge in [-0.05, 0) is 30.9 Å². The quantitative estimate of drug-likeness (QED) is 0.628. The van der Waals surface area contributed by atoms with Gasteiger partial charge in [0.1, 0.15) is 5.75 Å². The van der Waals surface area contributed by atoms with Crippen LogP contribution in [0.1, 0.15) is 42.9 Å². The number of hydrogen-bond donors (Lipinski definition) is 2. The number of phenols is 1. The third-order valence-corrected chi connectivity index (χ3v) is 5.58. The van der Waals surface area contributed by atoms with E-state index in [1.807, 2.05) is 0 Å². The van der Waals surface area contributed by atoms with E-state index in [0.29, 0.717) is 16.0 Å². The zero-order valence-corrected chi connectivity index (χ0v) is 17.4. The number of halogens is 6. The minimum atomic E-state index is -4.56. The number of benzene rings is 1. The molecule has 0 unspecified atom stereocenters. The molecule has 1 aromatic carbocycles. The second kappa shape index (κ2) is 9.82. The smallest absolute Gasteiger partial charge is 0.420 e. The summed E-state index contributed by atoms with van der Waals surface area (Å²) in [6, 6.07) is 2.46. The molecule has 1 heterocycles. The number of alkyl halides is 3. The lowest BCUT2D eigenvalue weighted by atomic mass is 9.88. The molecule has 2 aliphatic rings. The first-order chi connectivity index (χ1) is 11.4. The Morgan fingerprint density at radius 3 is 2.23 bits per heavy atom. The second-order valence-corrected chi connectivity index (χ2v) is 7.58. The van der Waals surface area contributed by atoms with Gasteiger partial charge in [-0.1, -0.05) is 28.8 Å². The number of hydrogen-bond acceptors (Lipinski definition) is 3. The average molecular weight is 480 g/mol. The summed E-state index contributed by atoms with van der Waals surface area (Å²) in [6.45, 7) is 3.22. The highest BCUT2D eigenvalue weighted by molar-refractivity contribution is 9.10. The Balaban J connectivity index is 0.00000169. The molecule has 3 rings (SSSR count). The van der Waals surface area contributed by atoms with E-state index in [1.165, 1.54) is 0 Å². The van der Waals surface area contributed by atoms with Crippen molar-refractivity contribution >= 4 is 40.7 Å². The Bertz CT molecular complexity index is 592. The van der Waals surface area contributed by atoms with E-state index in [4.69, 9.17) is 0 Å². The van der Waals surface area contributed by atoms with Gasteiger partial charge in [0.05, 0.1) is 5.56 Å². The maximum absolute atomic E-state index is 13.3. The number of phenolic OH excluding ortho intramolecular Hbond substituents is 1. The summed E-state index contributed by atoms with van der Waals surface area (Å²) in [7, 11) is 0. The van der Waals surface area contributed by atoms with Gasteiger partial charge in [0, 0.05) is 42.3 Å². The van der Waals surface area contributed by atoms with E-state index >= 15 is 0 Å². The van der Waals surface area contributed by atoms with Crippen molar-refractivity contribution in [3.05, 3.63) is 27.7 Å². The van der Waals surface area contributed by atoms with Crippen LogP contribution in [-0.4, -0.2) is 36.2 Å². The molecule has 9 heteroatoms. The first-order valence-corrected chi connectivity index (χ1v) is 9.21. The van der Waals surface area contributed by atoms with Crippen LogP contribution in [0.2, 0.25) is 0 Å². The third kappa shape index (κ3) is 5.19. The van der Waals surface area contributed by atoms with E-state index in [-0.39, 0.29) is 30.9 Å². The van der Waals surface area contributed by atoms with Gasteiger partial charge in [0.2, 0.25) is 0 Å². The predicted octanol–water partition coefficient (Wildman–Crippen LogP) is 5.15. The third-order valence-electron chi connectivity index (χ3n) is 5.12. The highest BCUT2D eigenvalue weighted by atomic mass is 79.9. The lowest BCUT2D eigenvalue weighted by molar-refractivity contribution is -0.139. The van der Waals surface area contributed by atoms with E-state index in [9.17, 15) is 18.3 Å². The Kier molecular flexibility index (Phi) is 9.00. The van der Waals surface area contributed by atoms with Gasteiger partial charge >= 0.3 is 6.18 Å². The second-order valence-electron chi connectivity index (χ2n) is 6.66. The minimum absolute atomic E-state index is 0. The number of nitrogens with one attached hydrogen (secondary N) is 1.